The maximum absolute atomic E-state index is 11.1. The molecule has 112 valence electrons. The summed E-state index contributed by atoms with van der Waals surface area (Å²) in [5.41, 5.74) is 1.62. The molecule has 2 unspecified atom stereocenters. The van der Waals surface area contributed by atoms with Crippen LogP contribution < -0.4 is 5.32 Å². The van der Waals surface area contributed by atoms with Gasteiger partial charge in [0.2, 0.25) is 0 Å². The van der Waals surface area contributed by atoms with Gasteiger partial charge in [-0.3, -0.25) is 10.1 Å². The Balaban J connectivity index is 2.93. The van der Waals surface area contributed by atoms with Crippen molar-refractivity contribution in [1.82, 2.24) is 0 Å². The van der Waals surface area contributed by atoms with Gasteiger partial charge in [0, 0.05) is 23.6 Å². The summed E-state index contributed by atoms with van der Waals surface area (Å²) < 4.78 is 0. The van der Waals surface area contributed by atoms with Crippen molar-refractivity contribution < 1.29 is 10.0 Å². The van der Waals surface area contributed by atoms with Crippen LogP contribution in [0.2, 0.25) is 0 Å². The van der Waals surface area contributed by atoms with Gasteiger partial charge < -0.3 is 10.4 Å². The third-order valence-corrected chi connectivity index (χ3v) is 4.46. The molecule has 1 aromatic carbocycles. The summed E-state index contributed by atoms with van der Waals surface area (Å²) in [5, 5.41) is 23.8. The van der Waals surface area contributed by atoms with E-state index in [0.29, 0.717) is 18.0 Å². The number of nitrogens with zero attached hydrogens (tertiary/aromatic N) is 1. The van der Waals surface area contributed by atoms with Crippen molar-refractivity contribution in [3.8, 4) is 0 Å². The van der Waals surface area contributed by atoms with Crippen LogP contribution in [-0.4, -0.2) is 27.9 Å². The molecule has 5 nitrogen and oxygen atoms in total. The molecule has 0 spiro atoms. The molecule has 0 aromatic heterocycles. The highest BCUT2D eigenvalue weighted by Crippen LogP contribution is 2.32. The molecule has 0 saturated carbocycles. The lowest BCUT2D eigenvalue weighted by Crippen LogP contribution is -2.15. The van der Waals surface area contributed by atoms with Crippen molar-refractivity contribution in [2.24, 2.45) is 0 Å². The van der Waals surface area contributed by atoms with E-state index < -0.39 is 6.10 Å². The van der Waals surface area contributed by atoms with Gasteiger partial charge in [0.05, 0.1) is 11.0 Å². The van der Waals surface area contributed by atoms with Crippen LogP contribution in [0.15, 0.2) is 18.2 Å². The van der Waals surface area contributed by atoms with Crippen molar-refractivity contribution >= 4 is 23.1 Å². The highest BCUT2D eigenvalue weighted by molar-refractivity contribution is 7.99. The van der Waals surface area contributed by atoms with E-state index in [1.807, 2.05) is 19.9 Å². The number of aliphatic hydroxyl groups is 1. The lowest BCUT2D eigenvalue weighted by molar-refractivity contribution is -0.384. The van der Waals surface area contributed by atoms with Crippen LogP contribution in [0, 0.1) is 10.1 Å². The Morgan fingerprint density at radius 3 is 2.70 bits per heavy atom. The Bertz CT molecular complexity index is 452. The molecule has 1 aromatic rings. The number of thioether (sulfide) groups is 1. The van der Waals surface area contributed by atoms with Crippen LogP contribution in [0.1, 0.15) is 32.8 Å². The second kappa shape index (κ2) is 8.11. The Morgan fingerprint density at radius 1 is 1.45 bits per heavy atom. The lowest BCUT2D eigenvalue weighted by atomic mass is 10.1. The predicted molar refractivity (Wildman–Crippen MR) is 84.3 cm³/mol. The van der Waals surface area contributed by atoms with Gasteiger partial charge in [-0.05, 0) is 18.9 Å². The largest absolute Gasteiger partial charge is 0.392 e. The number of hydrogen-bond acceptors (Lipinski definition) is 5. The standard InChI is InChI=1S/C14H22N2O3S/c1-4-8-15-14-12(9-20-11(3)10(2)17)6-5-7-13(14)16(18)19/h5-7,10-11,15,17H,4,8-9H2,1-3H3. The smallest absolute Gasteiger partial charge is 0.292 e. The Labute approximate surface area is 123 Å². The number of nitro benzene ring substituents is 1. The number of para-hydroxylation sites is 1. The SMILES string of the molecule is CCCNc1c(CSC(C)C(C)O)cccc1[N+](=O)[O-]. The van der Waals surface area contributed by atoms with Crippen molar-refractivity contribution in [2.75, 3.05) is 11.9 Å². The summed E-state index contributed by atoms with van der Waals surface area (Å²) in [7, 11) is 0. The molecule has 0 saturated heterocycles. The van der Waals surface area contributed by atoms with E-state index in [2.05, 4.69) is 5.32 Å². The molecule has 0 fully saturated rings. The molecular formula is C14H22N2O3S. The Kier molecular flexibility index (Phi) is 6.81. The van der Waals surface area contributed by atoms with Crippen LogP contribution in [0.4, 0.5) is 11.4 Å². The Hall–Kier alpha value is -1.27. The quantitative estimate of drug-likeness (QED) is 0.568. The fourth-order valence-electron chi connectivity index (χ4n) is 1.67. The van der Waals surface area contributed by atoms with Crippen LogP contribution in [0.25, 0.3) is 0 Å². The van der Waals surface area contributed by atoms with E-state index in [1.54, 1.807) is 24.8 Å². The third kappa shape index (κ3) is 4.68. The van der Waals surface area contributed by atoms with Gasteiger partial charge in [0.15, 0.2) is 0 Å². The van der Waals surface area contributed by atoms with Crippen LogP contribution in [0.5, 0.6) is 0 Å². The van der Waals surface area contributed by atoms with E-state index in [-0.39, 0.29) is 15.9 Å². The first-order valence-corrected chi connectivity index (χ1v) is 7.82. The minimum atomic E-state index is -0.397. The van der Waals surface area contributed by atoms with E-state index >= 15 is 0 Å². The molecule has 0 aliphatic rings. The van der Waals surface area contributed by atoms with Gasteiger partial charge in [-0.25, -0.2) is 0 Å². The van der Waals surface area contributed by atoms with Crippen molar-refractivity contribution in [2.45, 2.75) is 44.3 Å². The highest BCUT2D eigenvalue weighted by atomic mass is 32.2. The fourth-order valence-corrected chi connectivity index (χ4v) is 2.64. The average molecular weight is 298 g/mol. The summed E-state index contributed by atoms with van der Waals surface area (Å²) in [6.45, 7) is 6.42. The molecule has 2 atom stereocenters. The van der Waals surface area contributed by atoms with Gasteiger partial charge in [-0.15, -0.1) is 0 Å². The average Bonchev–Trinajstić information content (AvgIpc) is 2.42. The molecule has 0 amide bonds. The van der Waals surface area contributed by atoms with E-state index in [4.69, 9.17) is 0 Å². The first-order chi connectivity index (χ1) is 9.47. The van der Waals surface area contributed by atoms with Crippen LogP contribution in [-0.2, 0) is 5.75 Å². The third-order valence-electron chi connectivity index (χ3n) is 3.06. The summed E-state index contributed by atoms with van der Waals surface area (Å²) >= 11 is 1.59. The molecule has 0 aliphatic carbocycles. The number of benzene rings is 1. The van der Waals surface area contributed by atoms with Gasteiger partial charge >= 0.3 is 0 Å². The minimum absolute atomic E-state index is 0.0910. The normalized spacial score (nSPS) is 13.8. The summed E-state index contributed by atoms with van der Waals surface area (Å²) in [6, 6.07) is 5.12. The van der Waals surface area contributed by atoms with E-state index in [0.717, 1.165) is 12.0 Å². The highest BCUT2D eigenvalue weighted by Gasteiger charge is 2.18. The number of anilines is 1. The van der Waals surface area contributed by atoms with E-state index in [1.165, 1.54) is 6.07 Å². The summed E-state index contributed by atoms with van der Waals surface area (Å²) in [4.78, 5) is 10.7. The molecule has 0 radical (unpaired) electrons. The molecule has 2 N–H and O–H groups in total. The number of rotatable bonds is 8. The van der Waals surface area contributed by atoms with Gasteiger partial charge in [-0.1, -0.05) is 26.0 Å². The lowest BCUT2D eigenvalue weighted by Gasteiger charge is -2.16. The maximum atomic E-state index is 11.1. The van der Waals surface area contributed by atoms with Crippen molar-refractivity contribution in [3.63, 3.8) is 0 Å². The molecule has 0 heterocycles. The fraction of sp³-hybridized carbons (Fsp3) is 0.571. The molecule has 6 heteroatoms. The summed E-state index contributed by atoms with van der Waals surface area (Å²) in [6.07, 6.45) is 0.508. The maximum Gasteiger partial charge on any atom is 0.292 e. The zero-order valence-corrected chi connectivity index (χ0v) is 12.9. The van der Waals surface area contributed by atoms with Gasteiger partial charge in [-0.2, -0.15) is 11.8 Å². The number of nitro groups is 1. The minimum Gasteiger partial charge on any atom is -0.392 e. The topological polar surface area (TPSA) is 75.4 Å². The number of aliphatic hydroxyl groups excluding tert-OH is 1. The van der Waals surface area contributed by atoms with E-state index in [9.17, 15) is 15.2 Å². The van der Waals surface area contributed by atoms with Gasteiger partial charge in [0.1, 0.15) is 5.69 Å². The first-order valence-electron chi connectivity index (χ1n) is 6.77. The second-order valence-electron chi connectivity index (χ2n) is 4.75. The zero-order valence-electron chi connectivity index (χ0n) is 12.1. The van der Waals surface area contributed by atoms with Crippen LogP contribution >= 0.6 is 11.8 Å². The zero-order chi connectivity index (χ0) is 15.1. The second-order valence-corrected chi connectivity index (χ2v) is 6.12. The molecule has 1 rings (SSSR count). The molecule has 0 aliphatic heterocycles. The molecular weight excluding hydrogens is 276 g/mol. The summed E-state index contributed by atoms with van der Waals surface area (Å²) in [5.74, 6) is 0.639. The first kappa shape index (κ1) is 16.8. The monoisotopic (exact) mass is 298 g/mol. The van der Waals surface area contributed by atoms with Crippen molar-refractivity contribution in [3.05, 3.63) is 33.9 Å². The van der Waals surface area contributed by atoms with Crippen LogP contribution in [0.3, 0.4) is 0 Å². The van der Waals surface area contributed by atoms with Crippen molar-refractivity contribution in [1.29, 1.82) is 0 Å². The van der Waals surface area contributed by atoms with Gasteiger partial charge in [0.25, 0.3) is 5.69 Å². The predicted octanol–water partition coefficient (Wildman–Crippen LogP) is 3.42. The Morgan fingerprint density at radius 2 is 2.15 bits per heavy atom. The molecule has 20 heavy (non-hydrogen) atoms. The number of hydrogen-bond donors (Lipinski definition) is 2. The number of nitrogens with one attached hydrogen (secondary N) is 1. The molecule has 0 bridgehead atoms.